The highest BCUT2D eigenvalue weighted by Crippen LogP contribution is 2.29. The van der Waals surface area contributed by atoms with Crippen molar-refractivity contribution in [3.63, 3.8) is 0 Å². The number of halogens is 1. The number of carbonyl (C=O) groups excluding carboxylic acids is 1. The molecule has 144 valence electrons. The molecule has 4 heterocycles. The fraction of sp³-hybridized carbons (Fsp3) is 0.150. The molecule has 0 spiro atoms. The van der Waals surface area contributed by atoms with Crippen LogP contribution in [0.15, 0.2) is 59.4 Å². The number of carbonyl (C=O) groups is 1. The number of likely N-dealkylation sites (tertiary alicyclic amines) is 1. The molecule has 0 aliphatic carbocycles. The Bertz CT molecular complexity index is 1150. The molecule has 0 unspecified atom stereocenters. The fourth-order valence-electron chi connectivity index (χ4n) is 3.19. The average molecular weight is 390 g/mol. The quantitative estimate of drug-likeness (QED) is 0.575. The fourth-order valence-corrected chi connectivity index (χ4v) is 3.19. The molecule has 3 aromatic heterocycles. The molecule has 1 saturated heterocycles. The molecule has 1 aliphatic heterocycles. The molecule has 0 saturated carbocycles. The number of H-pyrrole nitrogens is 1. The van der Waals surface area contributed by atoms with Crippen molar-refractivity contribution in [1.82, 2.24) is 30.2 Å². The Morgan fingerprint density at radius 2 is 1.86 bits per heavy atom. The summed E-state index contributed by atoms with van der Waals surface area (Å²) in [6.45, 7) is 0.976. The summed E-state index contributed by atoms with van der Waals surface area (Å²) in [5.74, 6) is 0.542. The number of aromatic nitrogens is 5. The maximum atomic E-state index is 13.1. The second-order valence-electron chi connectivity index (χ2n) is 6.77. The summed E-state index contributed by atoms with van der Waals surface area (Å²) in [5.41, 5.74) is 2.53. The van der Waals surface area contributed by atoms with Gasteiger partial charge in [0.2, 0.25) is 11.7 Å². The van der Waals surface area contributed by atoms with Gasteiger partial charge in [0, 0.05) is 36.6 Å². The number of amides is 1. The minimum Gasteiger partial charge on any atom is -0.339 e. The molecule has 4 aromatic rings. The topological polar surface area (TPSA) is 101 Å². The highest BCUT2D eigenvalue weighted by molar-refractivity contribution is 5.94. The zero-order chi connectivity index (χ0) is 19.8. The van der Waals surface area contributed by atoms with E-state index in [0.29, 0.717) is 36.2 Å². The van der Waals surface area contributed by atoms with Crippen molar-refractivity contribution >= 4 is 5.91 Å². The normalized spacial score (nSPS) is 14.0. The molecule has 0 radical (unpaired) electrons. The van der Waals surface area contributed by atoms with Crippen LogP contribution >= 0.6 is 0 Å². The number of nitrogens with zero attached hydrogens (tertiary/aromatic N) is 5. The Morgan fingerprint density at radius 1 is 1.10 bits per heavy atom. The van der Waals surface area contributed by atoms with Crippen molar-refractivity contribution in [3.05, 3.63) is 72.3 Å². The van der Waals surface area contributed by atoms with E-state index in [1.54, 1.807) is 35.5 Å². The van der Waals surface area contributed by atoms with E-state index in [-0.39, 0.29) is 17.6 Å². The van der Waals surface area contributed by atoms with E-state index in [0.717, 1.165) is 11.1 Å². The standard InChI is InChI=1S/C20H15FN6O2/c21-15-3-1-12(2-4-15)16-9-17(25-24-16)20(28)27-10-14(11-27)19-23-18(26-29-19)13-5-7-22-8-6-13/h1-9,14H,10-11H2,(H,24,25). The highest BCUT2D eigenvalue weighted by Gasteiger charge is 2.36. The molecular weight excluding hydrogens is 375 g/mol. The van der Waals surface area contributed by atoms with E-state index in [1.807, 2.05) is 12.1 Å². The van der Waals surface area contributed by atoms with Crippen LogP contribution in [0.4, 0.5) is 4.39 Å². The predicted molar refractivity (Wildman–Crippen MR) is 100 cm³/mol. The summed E-state index contributed by atoms with van der Waals surface area (Å²) in [5, 5.41) is 10.9. The van der Waals surface area contributed by atoms with Crippen molar-refractivity contribution in [2.45, 2.75) is 5.92 Å². The van der Waals surface area contributed by atoms with Crippen molar-refractivity contribution in [2.24, 2.45) is 0 Å². The average Bonchev–Trinajstić information content (AvgIpc) is 3.38. The van der Waals surface area contributed by atoms with Crippen LogP contribution in [0.1, 0.15) is 22.3 Å². The van der Waals surface area contributed by atoms with Gasteiger partial charge >= 0.3 is 0 Å². The van der Waals surface area contributed by atoms with Crippen LogP contribution in [-0.4, -0.2) is 49.2 Å². The van der Waals surface area contributed by atoms with Crippen LogP contribution in [0.25, 0.3) is 22.6 Å². The lowest BCUT2D eigenvalue weighted by molar-refractivity contribution is 0.0563. The third-order valence-electron chi connectivity index (χ3n) is 4.85. The summed E-state index contributed by atoms with van der Waals surface area (Å²) in [6.07, 6.45) is 3.33. The van der Waals surface area contributed by atoms with Crippen LogP contribution in [0.3, 0.4) is 0 Å². The molecule has 1 aliphatic rings. The lowest BCUT2D eigenvalue weighted by atomic mass is 9.99. The molecule has 1 amide bonds. The summed E-state index contributed by atoms with van der Waals surface area (Å²) < 4.78 is 18.4. The summed E-state index contributed by atoms with van der Waals surface area (Å²) in [7, 11) is 0. The molecule has 9 heteroatoms. The Balaban J connectivity index is 1.24. The molecule has 1 fully saturated rings. The molecule has 0 atom stereocenters. The van der Waals surface area contributed by atoms with E-state index in [9.17, 15) is 9.18 Å². The summed E-state index contributed by atoms with van der Waals surface area (Å²) in [6, 6.07) is 11.2. The first-order valence-corrected chi connectivity index (χ1v) is 9.02. The van der Waals surface area contributed by atoms with Gasteiger partial charge in [0.25, 0.3) is 5.91 Å². The first-order valence-electron chi connectivity index (χ1n) is 9.02. The zero-order valence-corrected chi connectivity index (χ0v) is 15.1. The first kappa shape index (κ1) is 17.2. The van der Waals surface area contributed by atoms with Gasteiger partial charge in [-0.2, -0.15) is 10.1 Å². The van der Waals surface area contributed by atoms with Gasteiger partial charge in [-0.05, 0) is 42.5 Å². The lowest BCUT2D eigenvalue weighted by Gasteiger charge is -2.36. The smallest absolute Gasteiger partial charge is 0.271 e. The third-order valence-corrected chi connectivity index (χ3v) is 4.85. The van der Waals surface area contributed by atoms with E-state index < -0.39 is 0 Å². The number of hydrogen-bond acceptors (Lipinski definition) is 6. The van der Waals surface area contributed by atoms with Crippen LogP contribution in [0.2, 0.25) is 0 Å². The van der Waals surface area contributed by atoms with Crippen molar-refractivity contribution in [3.8, 4) is 22.6 Å². The van der Waals surface area contributed by atoms with Gasteiger partial charge in [-0.15, -0.1) is 0 Å². The van der Waals surface area contributed by atoms with E-state index in [4.69, 9.17) is 4.52 Å². The lowest BCUT2D eigenvalue weighted by Crippen LogP contribution is -2.48. The van der Waals surface area contributed by atoms with Crippen LogP contribution < -0.4 is 0 Å². The van der Waals surface area contributed by atoms with Gasteiger partial charge in [0.15, 0.2) is 0 Å². The van der Waals surface area contributed by atoms with Crippen molar-refractivity contribution < 1.29 is 13.7 Å². The molecule has 1 aromatic carbocycles. The second-order valence-corrected chi connectivity index (χ2v) is 6.77. The summed E-state index contributed by atoms with van der Waals surface area (Å²) in [4.78, 5) is 22.7. The molecule has 29 heavy (non-hydrogen) atoms. The van der Waals surface area contributed by atoms with Gasteiger partial charge in [-0.25, -0.2) is 4.39 Å². The Kier molecular flexibility index (Phi) is 4.12. The predicted octanol–water partition coefficient (Wildman–Crippen LogP) is 2.90. The van der Waals surface area contributed by atoms with E-state index in [1.165, 1.54) is 12.1 Å². The highest BCUT2D eigenvalue weighted by atomic mass is 19.1. The van der Waals surface area contributed by atoms with Crippen LogP contribution in [-0.2, 0) is 0 Å². The monoisotopic (exact) mass is 390 g/mol. The third kappa shape index (κ3) is 3.27. The van der Waals surface area contributed by atoms with Crippen LogP contribution in [0.5, 0.6) is 0 Å². The number of benzene rings is 1. The van der Waals surface area contributed by atoms with Crippen LogP contribution in [0, 0.1) is 5.82 Å². The summed E-state index contributed by atoms with van der Waals surface area (Å²) >= 11 is 0. The van der Waals surface area contributed by atoms with Gasteiger partial charge in [0.05, 0.1) is 11.6 Å². The Morgan fingerprint density at radius 3 is 2.62 bits per heavy atom. The number of rotatable bonds is 4. The van der Waals surface area contributed by atoms with Gasteiger partial charge in [0.1, 0.15) is 11.5 Å². The van der Waals surface area contributed by atoms with Gasteiger partial charge < -0.3 is 9.42 Å². The number of aromatic amines is 1. The van der Waals surface area contributed by atoms with E-state index >= 15 is 0 Å². The number of hydrogen-bond donors (Lipinski definition) is 1. The minimum absolute atomic E-state index is 0.00141. The minimum atomic E-state index is -0.319. The second kappa shape index (κ2) is 6.93. The molecular formula is C20H15FN6O2. The first-order chi connectivity index (χ1) is 14.2. The van der Waals surface area contributed by atoms with Crippen molar-refractivity contribution in [1.29, 1.82) is 0 Å². The van der Waals surface area contributed by atoms with Gasteiger partial charge in [-0.1, -0.05) is 5.16 Å². The largest absolute Gasteiger partial charge is 0.339 e. The number of pyridine rings is 1. The number of nitrogens with one attached hydrogen (secondary N) is 1. The SMILES string of the molecule is O=C(c1cc(-c2ccc(F)cc2)n[nH]1)N1CC(c2nc(-c3ccncc3)no2)C1. The molecule has 8 nitrogen and oxygen atoms in total. The maximum Gasteiger partial charge on any atom is 0.271 e. The van der Waals surface area contributed by atoms with Gasteiger partial charge in [-0.3, -0.25) is 14.9 Å². The molecule has 5 rings (SSSR count). The molecule has 0 bridgehead atoms. The van der Waals surface area contributed by atoms with Crippen molar-refractivity contribution in [2.75, 3.05) is 13.1 Å². The maximum absolute atomic E-state index is 13.1. The Labute approximate surface area is 164 Å². The zero-order valence-electron chi connectivity index (χ0n) is 15.1. The Hall–Kier alpha value is -3.88. The van der Waals surface area contributed by atoms with E-state index in [2.05, 4.69) is 25.3 Å². The molecule has 1 N–H and O–H groups in total.